The van der Waals surface area contributed by atoms with Crippen molar-refractivity contribution in [2.75, 3.05) is 4.90 Å². The molecule has 4 heteroatoms. The largest absolute Gasteiger partial charge is 0.456 e. The summed E-state index contributed by atoms with van der Waals surface area (Å²) in [7, 11) is 0. The van der Waals surface area contributed by atoms with Gasteiger partial charge in [0, 0.05) is 50.6 Å². The van der Waals surface area contributed by atoms with Crippen LogP contribution in [0.5, 0.6) is 0 Å². The van der Waals surface area contributed by atoms with E-state index in [9.17, 15) is 0 Å². The fourth-order valence-electron chi connectivity index (χ4n) is 8.31. The fraction of sp³-hybridized carbons (Fsp3) is 0. The molecule has 0 radical (unpaired) electrons. The summed E-state index contributed by atoms with van der Waals surface area (Å²) < 4.78 is 6.68. The first kappa shape index (κ1) is 35.1. The molecule has 4 nitrogen and oxygen atoms in total. The standard InChI is InChI=1S/C56H37N3O/c1-4-14-38(15-5-1)40-28-30-47(31-29-40)59(46-22-8-3-9-23-46)48-32-33-50-54(36-48)60-53-25-13-24-49(55(50)53)43-20-12-21-44(35-43)51-37-52(58-56(57-51)41-17-6-2-7-18-41)45-27-26-39-16-10-11-19-42(39)34-45/h1-37H. The summed E-state index contributed by atoms with van der Waals surface area (Å²) in [4.78, 5) is 12.5. The summed E-state index contributed by atoms with van der Waals surface area (Å²) in [6.07, 6.45) is 0. The van der Waals surface area contributed by atoms with E-state index in [0.717, 1.165) is 78.2 Å². The number of furan rings is 1. The van der Waals surface area contributed by atoms with E-state index in [0.29, 0.717) is 5.82 Å². The average molecular weight is 768 g/mol. The number of hydrogen-bond acceptors (Lipinski definition) is 4. The molecule has 11 rings (SSSR count). The molecular weight excluding hydrogens is 731 g/mol. The molecule has 0 aliphatic rings. The summed E-state index contributed by atoms with van der Waals surface area (Å²) in [5, 5.41) is 4.52. The number of para-hydroxylation sites is 1. The molecule has 282 valence electrons. The molecule has 0 aliphatic heterocycles. The van der Waals surface area contributed by atoms with Crippen LogP contribution in [0.4, 0.5) is 17.1 Å². The molecule has 2 aromatic heterocycles. The Bertz CT molecular complexity index is 3300. The maximum absolute atomic E-state index is 6.68. The van der Waals surface area contributed by atoms with Gasteiger partial charge in [-0.1, -0.05) is 158 Å². The summed E-state index contributed by atoms with van der Waals surface area (Å²) in [5.74, 6) is 0.692. The van der Waals surface area contributed by atoms with E-state index in [1.807, 2.05) is 24.3 Å². The Morgan fingerprint density at radius 1 is 0.333 bits per heavy atom. The number of aromatic nitrogens is 2. The van der Waals surface area contributed by atoms with Crippen molar-refractivity contribution < 1.29 is 4.42 Å². The van der Waals surface area contributed by atoms with Crippen LogP contribution in [0.25, 0.3) is 88.9 Å². The van der Waals surface area contributed by atoms with E-state index < -0.39 is 0 Å². The van der Waals surface area contributed by atoms with Crippen molar-refractivity contribution in [2.24, 2.45) is 0 Å². The molecule has 0 saturated carbocycles. The maximum Gasteiger partial charge on any atom is 0.160 e. The highest BCUT2D eigenvalue weighted by Gasteiger charge is 2.18. The lowest BCUT2D eigenvalue weighted by Gasteiger charge is -2.25. The van der Waals surface area contributed by atoms with E-state index in [1.165, 1.54) is 21.9 Å². The van der Waals surface area contributed by atoms with Crippen LogP contribution in [0, 0.1) is 0 Å². The molecule has 0 saturated heterocycles. The average Bonchev–Trinajstić information content (AvgIpc) is 3.71. The lowest BCUT2D eigenvalue weighted by molar-refractivity contribution is 0.669. The zero-order valence-electron chi connectivity index (χ0n) is 32.6. The maximum atomic E-state index is 6.68. The third kappa shape index (κ3) is 6.56. The predicted octanol–water partition coefficient (Wildman–Crippen LogP) is 15.3. The second-order valence-electron chi connectivity index (χ2n) is 15.0. The van der Waals surface area contributed by atoms with Crippen LogP contribution >= 0.6 is 0 Å². The van der Waals surface area contributed by atoms with E-state index in [4.69, 9.17) is 14.4 Å². The summed E-state index contributed by atoms with van der Waals surface area (Å²) >= 11 is 0. The first-order chi connectivity index (χ1) is 29.7. The second kappa shape index (κ2) is 15.0. The van der Waals surface area contributed by atoms with Crippen molar-refractivity contribution in [3.63, 3.8) is 0 Å². The third-order valence-electron chi connectivity index (χ3n) is 11.3. The van der Waals surface area contributed by atoms with Gasteiger partial charge in [-0.25, -0.2) is 9.97 Å². The number of anilines is 3. The smallest absolute Gasteiger partial charge is 0.160 e. The van der Waals surface area contributed by atoms with Gasteiger partial charge in [-0.3, -0.25) is 0 Å². The van der Waals surface area contributed by atoms with E-state index in [2.05, 4.69) is 205 Å². The first-order valence-corrected chi connectivity index (χ1v) is 20.2. The Morgan fingerprint density at radius 3 is 1.67 bits per heavy atom. The van der Waals surface area contributed by atoms with Crippen molar-refractivity contribution in [1.29, 1.82) is 0 Å². The molecule has 0 aliphatic carbocycles. The minimum Gasteiger partial charge on any atom is -0.456 e. The zero-order chi connectivity index (χ0) is 39.8. The Morgan fingerprint density at radius 2 is 0.900 bits per heavy atom. The fourth-order valence-corrected chi connectivity index (χ4v) is 8.31. The van der Waals surface area contributed by atoms with Gasteiger partial charge in [0.25, 0.3) is 0 Å². The second-order valence-corrected chi connectivity index (χ2v) is 15.0. The lowest BCUT2D eigenvalue weighted by Crippen LogP contribution is -2.09. The summed E-state index contributed by atoms with van der Waals surface area (Å²) in [5.41, 5.74) is 14.2. The molecule has 0 spiro atoms. The van der Waals surface area contributed by atoms with Crippen molar-refractivity contribution >= 4 is 49.8 Å². The topological polar surface area (TPSA) is 42.2 Å². The van der Waals surface area contributed by atoms with Gasteiger partial charge in [-0.2, -0.15) is 0 Å². The van der Waals surface area contributed by atoms with Crippen molar-refractivity contribution in [3.05, 3.63) is 224 Å². The van der Waals surface area contributed by atoms with Gasteiger partial charge < -0.3 is 9.32 Å². The number of hydrogen-bond donors (Lipinski definition) is 0. The molecule has 0 bridgehead atoms. The number of rotatable bonds is 8. The van der Waals surface area contributed by atoms with Crippen LogP contribution in [0.2, 0.25) is 0 Å². The van der Waals surface area contributed by atoms with Gasteiger partial charge in [0.1, 0.15) is 11.2 Å². The van der Waals surface area contributed by atoms with Gasteiger partial charge in [0.2, 0.25) is 0 Å². The monoisotopic (exact) mass is 767 g/mol. The van der Waals surface area contributed by atoms with Crippen molar-refractivity contribution in [3.8, 4) is 56.2 Å². The first-order valence-electron chi connectivity index (χ1n) is 20.2. The van der Waals surface area contributed by atoms with Crippen LogP contribution in [0.3, 0.4) is 0 Å². The number of nitrogens with zero attached hydrogens (tertiary/aromatic N) is 3. The van der Waals surface area contributed by atoms with Crippen LogP contribution in [-0.4, -0.2) is 9.97 Å². The lowest BCUT2D eigenvalue weighted by atomic mass is 9.96. The molecule has 60 heavy (non-hydrogen) atoms. The van der Waals surface area contributed by atoms with Crippen molar-refractivity contribution in [1.82, 2.24) is 9.97 Å². The SMILES string of the molecule is c1ccc(-c2ccc(N(c3ccccc3)c3ccc4c(c3)oc3cccc(-c5cccc(-c6cc(-c7ccc8ccccc8c7)nc(-c7ccccc7)n6)c5)c34)cc2)cc1. The third-order valence-corrected chi connectivity index (χ3v) is 11.3. The highest BCUT2D eigenvalue weighted by Crippen LogP contribution is 2.42. The van der Waals surface area contributed by atoms with Gasteiger partial charge in [-0.15, -0.1) is 0 Å². The highest BCUT2D eigenvalue weighted by molar-refractivity contribution is 6.13. The number of fused-ring (bicyclic) bond motifs is 4. The molecule has 0 atom stereocenters. The van der Waals surface area contributed by atoms with E-state index in [-0.39, 0.29) is 0 Å². The van der Waals surface area contributed by atoms with E-state index in [1.54, 1.807) is 0 Å². The minimum atomic E-state index is 0.692. The molecule has 2 heterocycles. The Hall–Kier alpha value is -8.08. The molecule has 11 aromatic rings. The molecule has 0 N–H and O–H groups in total. The zero-order valence-corrected chi connectivity index (χ0v) is 32.6. The highest BCUT2D eigenvalue weighted by atomic mass is 16.3. The van der Waals surface area contributed by atoms with Crippen LogP contribution < -0.4 is 4.90 Å². The summed E-state index contributed by atoms with van der Waals surface area (Å²) in [6, 6.07) is 78.6. The Balaban J connectivity index is 0.998. The Kier molecular flexibility index (Phi) is 8.79. The Labute approximate surface area is 348 Å². The normalized spacial score (nSPS) is 11.3. The molecule has 9 aromatic carbocycles. The quantitative estimate of drug-likeness (QED) is 0.154. The van der Waals surface area contributed by atoms with Gasteiger partial charge in [0.15, 0.2) is 5.82 Å². The number of benzene rings is 9. The van der Waals surface area contributed by atoms with Crippen molar-refractivity contribution in [2.45, 2.75) is 0 Å². The summed E-state index contributed by atoms with van der Waals surface area (Å²) in [6.45, 7) is 0. The van der Waals surface area contributed by atoms with Crippen LogP contribution in [0.1, 0.15) is 0 Å². The molecule has 0 amide bonds. The predicted molar refractivity (Wildman–Crippen MR) is 249 cm³/mol. The van der Waals surface area contributed by atoms with Crippen LogP contribution in [0.15, 0.2) is 229 Å². The van der Waals surface area contributed by atoms with Crippen LogP contribution in [-0.2, 0) is 0 Å². The van der Waals surface area contributed by atoms with E-state index >= 15 is 0 Å². The minimum absolute atomic E-state index is 0.692. The van der Waals surface area contributed by atoms with Gasteiger partial charge in [0.05, 0.1) is 11.4 Å². The van der Waals surface area contributed by atoms with Gasteiger partial charge in [-0.05, 0) is 93.7 Å². The van der Waals surface area contributed by atoms with Gasteiger partial charge >= 0.3 is 0 Å². The molecule has 0 fully saturated rings. The molecule has 0 unspecified atom stereocenters. The molecular formula is C56H37N3O.